The van der Waals surface area contributed by atoms with Crippen LogP contribution < -0.4 is 5.73 Å². The van der Waals surface area contributed by atoms with Gasteiger partial charge in [0.2, 0.25) is 5.91 Å². The Morgan fingerprint density at radius 2 is 1.37 bits per heavy atom. The zero-order chi connectivity index (χ0) is 21.7. The number of carbonyl (C=O) groups excluding carboxylic acids is 2. The molecule has 2 N–H and O–H groups in total. The number of benzene rings is 3. The van der Waals surface area contributed by atoms with Crippen LogP contribution in [0.25, 0.3) is 0 Å². The second-order valence-electron chi connectivity index (χ2n) is 6.79. The third kappa shape index (κ3) is 4.20. The van der Waals surface area contributed by atoms with Crippen molar-refractivity contribution in [1.82, 2.24) is 4.90 Å². The Morgan fingerprint density at radius 1 is 0.867 bits per heavy atom. The normalized spacial score (nSPS) is 12.6. The van der Waals surface area contributed by atoms with Gasteiger partial charge in [0.05, 0.1) is 11.0 Å². The first-order chi connectivity index (χ1) is 14.4. The molecule has 30 heavy (non-hydrogen) atoms. The van der Waals surface area contributed by atoms with E-state index in [1.165, 1.54) is 23.1 Å². The summed E-state index contributed by atoms with van der Waals surface area (Å²) in [5.74, 6) is -1.37. The Kier molecular flexibility index (Phi) is 6.22. The number of primary amides is 1. The lowest BCUT2D eigenvalue weighted by Gasteiger charge is -2.35. The van der Waals surface area contributed by atoms with Gasteiger partial charge in [0.1, 0.15) is 11.6 Å². The molecule has 7 nitrogen and oxygen atoms in total. The molecular formula is C23H21N3O4. The number of carbonyl (C=O) groups is 2. The predicted octanol–water partition coefficient (Wildman–Crippen LogP) is 4.02. The molecule has 0 aliphatic rings. The summed E-state index contributed by atoms with van der Waals surface area (Å²) in [7, 11) is 0. The molecule has 0 aliphatic heterocycles. The van der Waals surface area contributed by atoms with Gasteiger partial charge in [-0.1, -0.05) is 72.8 Å². The molecule has 0 radical (unpaired) electrons. The van der Waals surface area contributed by atoms with Gasteiger partial charge in [0.15, 0.2) is 0 Å². The number of nitrogens with two attached hydrogens (primary N) is 1. The van der Waals surface area contributed by atoms with Gasteiger partial charge in [-0.05, 0) is 24.1 Å². The zero-order valence-corrected chi connectivity index (χ0v) is 16.3. The van der Waals surface area contributed by atoms with Crippen molar-refractivity contribution in [2.24, 2.45) is 5.73 Å². The van der Waals surface area contributed by atoms with Crippen LogP contribution in [0.3, 0.4) is 0 Å². The zero-order valence-electron chi connectivity index (χ0n) is 16.3. The lowest BCUT2D eigenvalue weighted by molar-refractivity contribution is -0.385. The Balaban J connectivity index is 2.18. The van der Waals surface area contributed by atoms with Crippen LogP contribution in [0.15, 0.2) is 84.9 Å². The van der Waals surface area contributed by atoms with E-state index in [0.29, 0.717) is 5.56 Å². The molecule has 2 atom stereocenters. The molecule has 152 valence electrons. The van der Waals surface area contributed by atoms with Gasteiger partial charge in [-0.15, -0.1) is 0 Å². The van der Waals surface area contributed by atoms with Gasteiger partial charge in [0, 0.05) is 6.07 Å². The minimum Gasteiger partial charge on any atom is -0.368 e. The Labute approximate surface area is 173 Å². The molecule has 3 rings (SSSR count). The molecule has 0 heterocycles. The minimum absolute atomic E-state index is 0.104. The number of nitrogens with zero attached hydrogens (tertiary/aromatic N) is 2. The fourth-order valence-electron chi connectivity index (χ4n) is 3.46. The van der Waals surface area contributed by atoms with Crippen LogP contribution in [0.4, 0.5) is 5.69 Å². The summed E-state index contributed by atoms with van der Waals surface area (Å²) in [6.45, 7) is 1.76. The highest BCUT2D eigenvalue weighted by atomic mass is 16.6. The van der Waals surface area contributed by atoms with Crippen molar-refractivity contribution >= 4 is 17.5 Å². The van der Waals surface area contributed by atoms with E-state index in [0.717, 1.165) is 5.56 Å². The SMILES string of the molecule is C[C@H](c1ccccc1)N(C(=O)c1ccccc1[N+](=O)[O-])[C@@H](C(N)=O)c1ccccc1. The molecule has 0 saturated heterocycles. The minimum atomic E-state index is -1.10. The largest absolute Gasteiger partial charge is 0.368 e. The summed E-state index contributed by atoms with van der Waals surface area (Å²) in [5.41, 5.74) is 6.60. The van der Waals surface area contributed by atoms with Crippen LogP contribution >= 0.6 is 0 Å². The third-order valence-electron chi connectivity index (χ3n) is 4.93. The topological polar surface area (TPSA) is 107 Å². The van der Waals surface area contributed by atoms with E-state index in [-0.39, 0.29) is 11.3 Å². The number of nitro groups is 1. The molecule has 0 bridgehead atoms. The molecule has 0 aliphatic carbocycles. The van der Waals surface area contributed by atoms with Gasteiger partial charge in [-0.3, -0.25) is 19.7 Å². The highest BCUT2D eigenvalue weighted by molar-refractivity contribution is 6.01. The fraction of sp³-hybridized carbons (Fsp3) is 0.130. The van der Waals surface area contributed by atoms with Gasteiger partial charge in [-0.25, -0.2) is 0 Å². The summed E-state index contributed by atoms with van der Waals surface area (Å²) < 4.78 is 0. The second-order valence-corrected chi connectivity index (χ2v) is 6.79. The maximum absolute atomic E-state index is 13.6. The van der Waals surface area contributed by atoms with Crippen molar-refractivity contribution < 1.29 is 14.5 Å². The molecule has 0 fully saturated rings. The molecule has 3 aromatic carbocycles. The van der Waals surface area contributed by atoms with Crippen molar-refractivity contribution in [2.75, 3.05) is 0 Å². The first-order valence-electron chi connectivity index (χ1n) is 9.37. The molecule has 0 saturated carbocycles. The van der Waals surface area contributed by atoms with Crippen LogP contribution in [0.2, 0.25) is 0 Å². The van der Waals surface area contributed by atoms with Crippen LogP contribution in [0.1, 0.15) is 40.5 Å². The van der Waals surface area contributed by atoms with Crippen molar-refractivity contribution in [1.29, 1.82) is 0 Å². The Bertz CT molecular complexity index is 1050. The fourth-order valence-corrected chi connectivity index (χ4v) is 3.46. The van der Waals surface area contributed by atoms with E-state index in [4.69, 9.17) is 5.73 Å². The van der Waals surface area contributed by atoms with Crippen molar-refractivity contribution in [3.05, 3.63) is 112 Å². The van der Waals surface area contributed by atoms with E-state index in [9.17, 15) is 19.7 Å². The molecule has 0 unspecified atom stereocenters. The van der Waals surface area contributed by atoms with Crippen LogP contribution in [0, 0.1) is 10.1 Å². The first-order valence-corrected chi connectivity index (χ1v) is 9.37. The van der Waals surface area contributed by atoms with E-state index < -0.39 is 28.8 Å². The lowest BCUT2D eigenvalue weighted by atomic mass is 9.97. The van der Waals surface area contributed by atoms with Gasteiger partial charge in [0.25, 0.3) is 11.6 Å². The summed E-state index contributed by atoms with van der Waals surface area (Å²) in [4.78, 5) is 38.4. The van der Waals surface area contributed by atoms with Crippen molar-refractivity contribution in [2.45, 2.75) is 19.0 Å². The summed E-state index contributed by atoms with van der Waals surface area (Å²) in [6, 6.07) is 21.8. The highest BCUT2D eigenvalue weighted by Crippen LogP contribution is 2.34. The number of amides is 2. The second kappa shape index (κ2) is 9.00. The Morgan fingerprint density at radius 3 is 1.90 bits per heavy atom. The number of rotatable bonds is 7. The van der Waals surface area contributed by atoms with E-state index in [2.05, 4.69) is 0 Å². The van der Waals surface area contributed by atoms with E-state index in [1.807, 2.05) is 30.3 Å². The van der Waals surface area contributed by atoms with Gasteiger partial charge in [-0.2, -0.15) is 0 Å². The van der Waals surface area contributed by atoms with Crippen molar-refractivity contribution in [3.8, 4) is 0 Å². The Hall–Kier alpha value is -4.00. The van der Waals surface area contributed by atoms with Gasteiger partial charge >= 0.3 is 0 Å². The number of hydrogen-bond donors (Lipinski definition) is 1. The average Bonchev–Trinajstić information content (AvgIpc) is 2.77. The molecule has 0 spiro atoms. The lowest BCUT2D eigenvalue weighted by Crippen LogP contribution is -2.43. The molecule has 3 aromatic rings. The first kappa shape index (κ1) is 20.7. The summed E-state index contributed by atoms with van der Waals surface area (Å²) >= 11 is 0. The third-order valence-corrected chi connectivity index (χ3v) is 4.93. The smallest absolute Gasteiger partial charge is 0.282 e. The van der Waals surface area contributed by atoms with Crippen LogP contribution in [-0.2, 0) is 4.79 Å². The highest BCUT2D eigenvalue weighted by Gasteiger charge is 2.36. The molecular weight excluding hydrogens is 382 g/mol. The van der Waals surface area contributed by atoms with Crippen molar-refractivity contribution in [3.63, 3.8) is 0 Å². The van der Waals surface area contributed by atoms with E-state index in [1.54, 1.807) is 43.3 Å². The van der Waals surface area contributed by atoms with Crippen LogP contribution in [0.5, 0.6) is 0 Å². The standard InChI is InChI=1S/C23H21N3O4/c1-16(17-10-4-2-5-11-17)25(21(22(24)27)18-12-6-3-7-13-18)23(28)19-14-8-9-15-20(19)26(29)30/h2-16,21H,1H3,(H2,24,27)/t16-,21-/m1/s1. The monoisotopic (exact) mass is 403 g/mol. The summed E-state index contributed by atoms with van der Waals surface area (Å²) in [6.07, 6.45) is 0. The number of para-hydroxylation sites is 1. The maximum atomic E-state index is 13.6. The quantitative estimate of drug-likeness (QED) is 0.475. The molecule has 2 amide bonds. The number of hydrogen-bond acceptors (Lipinski definition) is 4. The maximum Gasteiger partial charge on any atom is 0.282 e. The van der Waals surface area contributed by atoms with Gasteiger partial charge < -0.3 is 10.6 Å². The average molecular weight is 403 g/mol. The molecule has 7 heteroatoms. The molecule has 0 aromatic heterocycles. The van der Waals surface area contributed by atoms with E-state index >= 15 is 0 Å². The summed E-state index contributed by atoms with van der Waals surface area (Å²) in [5, 5.41) is 11.5. The predicted molar refractivity (Wildman–Crippen MR) is 113 cm³/mol. The number of nitro benzene ring substituents is 1. The van der Waals surface area contributed by atoms with Crippen LogP contribution in [-0.4, -0.2) is 21.6 Å².